The average Bonchev–Trinajstić information content (AvgIpc) is 1.64. The number of halogens is 1. The zero-order valence-corrected chi connectivity index (χ0v) is 7.30. The van der Waals surface area contributed by atoms with Gasteiger partial charge in [-0.15, -0.1) is 0 Å². The maximum atomic E-state index is 8.77. The molecule has 0 aromatic carbocycles. The summed E-state index contributed by atoms with van der Waals surface area (Å²) in [6.45, 7) is 3.23. The molecule has 9 heavy (non-hydrogen) atoms. The Labute approximate surface area is 65.6 Å². The Balaban J connectivity index is 0. The molecule has 0 aromatic rings. The van der Waals surface area contributed by atoms with E-state index in [0.29, 0.717) is 0 Å². The lowest BCUT2D eigenvalue weighted by Gasteiger charge is -2.12. The highest BCUT2D eigenvalue weighted by Gasteiger charge is 2.17. The van der Waals surface area contributed by atoms with Gasteiger partial charge in [0.25, 0.3) is 0 Å². The monoisotopic (exact) mass is 199 g/mol. The highest BCUT2D eigenvalue weighted by atomic mass is 79.9. The van der Waals surface area contributed by atoms with Crippen LogP contribution in [0.5, 0.6) is 0 Å². The summed E-state index contributed by atoms with van der Waals surface area (Å²) in [6.07, 6.45) is -1.04. The Kier molecular flexibility index (Phi) is 6.94. The van der Waals surface area contributed by atoms with E-state index in [9.17, 15) is 0 Å². The number of hydrogen-bond donors (Lipinski definition) is 3. The Morgan fingerprint density at radius 1 is 1.11 bits per heavy atom. The van der Waals surface area contributed by atoms with Crippen LogP contribution < -0.4 is 22.7 Å². The van der Waals surface area contributed by atoms with Gasteiger partial charge in [-0.3, -0.25) is 0 Å². The van der Waals surface area contributed by atoms with E-state index < -0.39 is 12.2 Å². The summed E-state index contributed by atoms with van der Waals surface area (Å²) in [4.78, 5) is 0. The van der Waals surface area contributed by atoms with Crippen molar-refractivity contribution in [3.63, 3.8) is 0 Å². The molecule has 0 rings (SSSR count). The maximum absolute atomic E-state index is 8.77. The third-order valence-electron chi connectivity index (χ3n) is 1.24. The Bertz CT molecular complexity index is 60.0. The Hall–Kier alpha value is 0.360. The van der Waals surface area contributed by atoms with Gasteiger partial charge >= 0.3 is 0 Å². The Morgan fingerprint density at radius 3 is 1.33 bits per heavy atom. The number of hydrogen-bond acceptors (Lipinski definition) is 2. The number of quaternary nitrogens is 1. The second kappa shape index (κ2) is 5.17. The van der Waals surface area contributed by atoms with E-state index in [4.69, 9.17) is 10.2 Å². The van der Waals surface area contributed by atoms with Crippen LogP contribution in [0.2, 0.25) is 0 Å². The minimum absolute atomic E-state index is 0. The minimum atomic E-state index is -0.519. The molecule has 0 aromatic heterocycles. The van der Waals surface area contributed by atoms with Crippen LogP contribution in [0, 0.1) is 0 Å². The SMILES string of the molecule is CC(O)C([NH3+])C(C)O.[Br-]. The first-order chi connectivity index (χ1) is 3.55. The van der Waals surface area contributed by atoms with Gasteiger partial charge in [0.15, 0.2) is 0 Å². The fourth-order valence-electron chi connectivity index (χ4n) is 0.403. The van der Waals surface area contributed by atoms with Crippen molar-refractivity contribution in [3.8, 4) is 0 Å². The molecule has 58 valence electrons. The molecule has 0 aliphatic heterocycles. The molecule has 0 aliphatic rings. The average molecular weight is 200 g/mol. The molecular formula is C5H14BrNO2. The van der Waals surface area contributed by atoms with E-state index in [0.717, 1.165) is 0 Å². The summed E-state index contributed by atoms with van der Waals surface area (Å²) in [5.41, 5.74) is 3.54. The highest BCUT2D eigenvalue weighted by Crippen LogP contribution is 1.91. The molecule has 0 bridgehead atoms. The zero-order chi connectivity index (χ0) is 6.73. The van der Waals surface area contributed by atoms with E-state index >= 15 is 0 Å². The predicted octanol–water partition coefficient (Wildman–Crippen LogP) is -4.64. The van der Waals surface area contributed by atoms with Gasteiger partial charge in [0.05, 0.1) is 0 Å². The van der Waals surface area contributed by atoms with Crippen LogP contribution in [0.15, 0.2) is 0 Å². The van der Waals surface area contributed by atoms with Crippen molar-refractivity contribution in [2.75, 3.05) is 0 Å². The van der Waals surface area contributed by atoms with E-state index in [1.54, 1.807) is 13.8 Å². The summed E-state index contributed by atoms with van der Waals surface area (Å²) in [5.74, 6) is 0. The molecular weight excluding hydrogens is 186 g/mol. The summed E-state index contributed by atoms with van der Waals surface area (Å²) < 4.78 is 0. The summed E-state index contributed by atoms with van der Waals surface area (Å²) >= 11 is 0. The highest BCUT2D eigenvalue weighted by molar-refractivity contribution is 4.64. The largest absolute Gasteiger partial charge is 1.00 e. The molecule has 0 heterocycles. The van der Waals surface area contributed by atoms with Crippen LogP contribution in [0.3, 0.4) is 0 Å². The van der Waals surface area contributed by atoms with E-state index in [1.165, 1.54) is 0 Å². The van der Waals surface area contributed by atoms with Crippen molar-refractivity contribution in [1.29, 1.82) is 0 Å². The van der Waals surface area contributed by atoms with Crippen LogP contribution in [0.4, 0.5) is 0 Å². The quantitative estimate of drug-likeness (QED) is 0.419. The third kappa shape index (κ3) is 4.84. The molecule has 0 fully saturated rings. The van der Waals surface area contributed by atoms with Crippen molar-refractivity contribution in [2.24, 2.45) is 0 Å². The van der Waals surface area contributed by atoms with Gasteiger partial charge in [-0.05, 0) is 13.8 Å². The van der Waals surface area contributed by atoms with Crippen molar-refractivity contribution in [1.82, 2.24) is 0 Å². The molecule has 0 saturated carbocycles. The van der Waals surface area contributed by atoms with Gasteiger partial charge < -0.3 is 32.9 Å². The van der Waals surface area contributed by atoms with Gasteiger partial charge in [-0.1, -0.05) is 0 Å². The molecule has 0 spiro atoms. The Morgan fingerprint density at radius 2 is 1.33 bits per heavy atom. The maximum Gasteiger partial charge on any atom is 0.136 e. The van der Waals surface area contributed by atoms with Gasteiger partial charge in [0, 0.05) is 0 Å². The fraction of sp³-hybridized carbons (Fsp3) is 1.00. The third-order valence-corrected chi connectivity index (χ3v) is 1.24. The molecule has 2 unspecified atom stereocenters. The number of rotatable bonds is 2. The van der Waals surface area contributed by atoms with Crippen LogP contribution in [-0.2, 0) is 0 Å². The standard InChI is InChI=1S/C5H13NO2.BrH/c1-3(7)5(6)4(2)8;/h3-5,7-8H,6H2,1-2H3;1H. The van der Waals surface area contributed by atoms with Gasteiger partial charge in [-0.25, -0.2) is 0 Å². The lowest BCUT2D eigenvalue weighted by Crippen LogP contribution is -3.00. The lowest BCUT2D eigenvalue weighted by atomic mass is 10.1. The van der Waals surface area contributed by atoms with Crippen molar-refractivity contribution < 1.29 is 32.9 Å². The second-order valence-electron chi connectivity index (χ2n) is 2.15. The smallest absolute Gasteiger partial charge is 0.136 e. The number of aliphatic hydroxyl groups is 2. The first-order valence-corrected chi connectivity index (χ1v) is 2.75. The molecule has 0 saturated heterocycles. The van der Waals surface area contributed by atoms with Crippen LogP contribution in [0.1, 0.15) is 13.8 Å². The molecule has 0 amide bonds. The lowest BCUT2D eigenvalue weighted by molar-refractivity contribution is -0.452. The topological polar surface area (TPSA) is 68.1 Å². The van der Waals surface area contributed by atoms with Gasteiger partial charge in [-0.2, -0.15) is 0 Å². The van der Waals surface area contributed by atoms with Crippen molar-refractivity contribution in [2.45, 2.75) is 32.1 Å². The molecule has 3 nitrogen and oxygen atoms in total. The van der Waals surface area contributed by atoms with Crippen molar-refractivity contribution >= 4 is 0 Å². The van der Waals surface area contributed by atoms with E-state index in [2.05, 4.69) is 5.73 Å². The number of aliphatic hydroxyl groups excluding tert-OH is 2. The summed E-state index contributed by atoms with van der Waals surface area (Å²) in [7, 11) is 0. The molecule has 0 aliphatic carbocycles. The minimum Gasteiger partial charge on any atom is -1.00 e. The molecule has 4 heteroatoms. The normalized spacial score (nSPS) is 19.7. The van der Waals surface area contributed by atoms with Crippen LogP contribution in [0.25, 0.3) is 0 Å². The van der Waals surface area contributed by atoms with Gasteiger partial charge in [0.1, 0.15) is 18.2 Å². The summed E-state index contributed by atoms with van der Waals surface area (Å²) in [6, 6.07) is -0.269. The molecule has 0 radical (unpaired) electrons. The second-order valence-corrected chi connectivity index (χ2v) is 2.15. The zero-order valence-electron chi connectivity index (χ0n) is 5.71. The van der Waals surface area contributed by atoms with Crippen LogP contribution in [-0.4, -0.2) is 28.5 Å². The predicted molar refractivity (Wildman–Crippen MR) is 30.0 cm³/mol. The fourth-order valence-corrected chi connectivity index (χ4v) is 0.403. The first-order valence-electron chi connectivity index (χ1n) is 2.75. The summed E-state index contributed by atoms with van der Waals surface area (Å²) in [5, 5.41) is 17.5. The van der Waals surface area contributed by atoms with Crippen LogP contribution >= 0.6 is 0 Å². The first kappa shape index (κ1) is 12.1. The van der Waals surface area contributed by atoms with E-state index in [1.807, 2.05) is 0 Å². The van der Waals surface area contributed by atoms with Gasteiger partial charge in [0.2, 0.25) is 0 Å². The van der Waals surface area contributed by atoms with E-state index in [-0.39, 0.29) is 23.0 Å². The molecule has 2 atom stereocenters. The molecule has 5 N–H and O–H groups in total. The van der Waals surface area contributed by atoms with Crippen molar-refractivity contribution in [3.05, 3.63) is 0 Å².